The van der Waals surface area contributed by atoms with Crippen LogP contribution >= 0.6 is 11.3 Å². The molecule has 2 aromatic rings. The Hall–Kier alpha value is -1.52. The first kappa shape index (κ1) is 12.5. The van der Waals surface area contributed by atoms with Crippen molar-refractivity contribution in [2.24, 2.45) is 0 Å². The van der Waals surface area contributed by atoms with Crippen molar-refractivity contribution in [2.75, 3.05) is 14.2 Å². The molecule has 2 unspecified atom stereocenters. The zero-order valence-corrected chi connectivity index (χ0v) is 11.9. The first-order chi connectivity index (χ1) is 9.31. The Bertz CT molecular complexity index is 553. The number of benzene rings is 1. The van der Waals surface area contributed by atoms with E-state index < -0.39 is 0 Å². The smallest absolute Gasteiger partial charge is 0.128 e. The third-order valence-corrected chi connectivity index (χ3v) is 4.28. The van der Waals surface area contributed by atoms with E-state index in [-0.39, 0.29) is 6.10 Å². The van der Waals surface area contributed by atoms with Crippen molar-refractivity contribution in [1.82, 2.24) is 5.32 Å². The van der Waals surface area contributed by atoms with Gasteiger partial charge in [0.05, 0.1) is 7.11 Å². The summed E-state index contributed by atoms with van der Waals surface area (Å²) >= 11 is 1.71. The molecule has 1 aromatic heterocycles. The third kappa shape index (κ3) is 2.33. The SMILES string of the molecule is CNC1CC(c2ccsc2)Oc2cc(OC)ccc21. The van der Waals surface area contributed by atoms with Gasteiger partial charge in [-0.1, -0.05) is 6.07 Å². The highest BCUT2D eigenvalue weighted by molar-refractivity contribution is 7.07. The van der Waals surface area contributed by atoms with Gasteiger partial charge in [0.2, 0.25) is 0 Å². The van der Waals surface area contributed by atoms with E-state index in [2.05, 4.69) is 28.2 Å². The third-order valence-electron chi connectivity index (χ3n) is 3.58. The minimum atomic E-state index is 0.114. The van der Waals surface area contributed by atoms with Crippen molar-refractivity contribution in [3.8, 4) is 11.5 Å². The first-order valence-corrected chi connectivity index (χ1v) is 7.30. The molecule has 4 heteroatoms. The lowest BCUT2D eigenvalue weighted by molar-refractivity contribution is 0.153. The highest BCUT2D eigenvalue weighted by atomic mass is 32.1. The molecular formula is C15H17NO2S. The van der Waals surface area contributed by atoms with Crippen molar-refractivity contribution in [3.63, 3.8) is 0 Å². The second kappa shape index (κ2) is 5.23. The van der Waals surface area contributed by atoms with E-state index >= 15 is 0 Å². The minimum Gasteiger partial charge on any atom is -0.497 e. The van der Waals surface area contributed by atoms with Crippen molar-refractivity contribution < 1.29 is 9.47 Å². The average molecular weight is 275 g/mol. The van der Waals surface area contributed by atoms with Gasteiger partial charge in [0.25, 0.3) is 0 Å². The topological polar surface area (TPSA) is 30.5 Å². The molecule has 2 heterocycles. The van der Waals surface area contributed by atoms with Gasteiger partial charge < -0.3 is 14.8 Å². The van der Waals surface area contributed by atoms with Crippen LogP contribution in [-0.2, 0) is 0 Å². The van der Waals surface area contributed by atoms with E-state index in [1.165, 1.54) is 11.1 Å². The zero-order chi connectivity index (χ0) is 13.2. The Morgan fingerprint density at radius 2 is 2.26 bits per heavy atom. The molecule has 3 nitrogen and oxygen atoms in total. The van der Waals surface area contributed by atoms with Crippen LogP contribution < -0.4 is 14.8 Å². The summed E-state index contributed by atoms with van der Waals surface area (Å²) in [7, 11) is 3.67. The van der Waals surface area contributed by atoms with E-state index in [9.17, 15) is 0 Å². The van der Waals surface area contributed by atoms with Gasteiger partial charge in [-0.15, -0.1) is 0 Å². The summed E-state index contributed by atoms with van der Waals surface area (Å²) in [4.78, 5) is 0. The van der Waals surface area contributed by atoms with Crippen LogP contribution in [0.3, 0.4) is 0 Å². The van der Waals surface area contributed by atoms with Crippen molar-refractivity contribution in [3.05, 3.63) is 46.2 Å². The lowest BCUT2D eigenvalue weighted by atomic mass is 9.94. The molecule has 1 aliphatic heterocycles. The Labute approximate surface area is 117 Å². The molecule has 0 amide bonds. The zero-order valence-electron chi connectivity index (χ0n) is 11.1. The summed E-state index contributed by atoms with van der Waals surface area (Å²) < 4.78 is 11.4. The molecule has 0 spiro atoms. The largest absolute Gasteiger partial charge is 0.497 e. The van der Waals surface area contributed by atoms with E-state index in [0.717, 1.165) is 17.9 Å². The molecule has 1 N–H and O–H groups in total. The summed E-state index contributed by atoms with van der Waals surface area (Å²) in [5.74, 6) is 1.75. The maximum atomic E-state index is 6.14. The van der Waals surface area contributed by atoms with E-state index in [0.29, 0.717) is 6.04 Å². The molecule has 0 saturated carbocycles. The lowest BCUT2D eigenvalue weighted by Crippen LogP contribution is -2.26. The first-order valence-electron chi connectivity index (χ1n) is 6.35. The van der Waals surface area contributed by atoms with Gasteiger partial charge in [-0.2, -0.15) is 11.3 Å². The normalized spacial score (nSPS) is 21.6. The van der Waals surface area contributed by atoms with Crippen LogP contribution in [0.1, 0.15) is 29.7 Å². The summed E-state index contributed by atoms with van der Waals surface area (Å²) in [6, 6.07) is 8.49. The summed E-state index contributed by atoms with van der Waals surface area (Å²) in [5.41, 5.74) is 2.45. The van der Waals surface area contributed by atoms with Crippen LogP contribution in [0.5, 0.6) is 11.5 Å². The molecule has 0 bridgehead atoms. The highest BCUT2D eigenvalue weighted by Gasteiger charge is 2.28. The molecular weight excluding hydrogens is 258 g/mol. The van der Waals surface area contributed by atoms with E-state index in [4.69, 9.17) is 9.47 Å². The standard InChI is InChI=1S/C15H17NO2S/c1-16-13-8-14(10-5-6-19-9-10)18-15-7-11(17-2)3-4-12(13)15/h3-7,9,13-14,16H,8H2,1-2H3. The van der Waals surface area contributed by atoms with Gasteiger partial charge in [0.15, 0.2) is 0 Å². The number of hydrogen-bond donors (Lipinski definition) is 1. The van der Waals surface area contributed by atoms with Gasteiger partial charge in [-0.3, -0.25) is 0 Å². The predicted octanol–water partition coefficient (Wildman–Crippen LogP) is 3.54. The maximum absolute atomic E-state index is 6.14. The number of fused-ring (bicyclic) bond motifs is 1. The summed E-state index contributed by atoms with van der Waals surface area (Å²) in [5, 5.41) is 7.62. The van der Waals surface area contributed by atoms with Crippen LogP contribution in [0.2, 0.25) is 0 Å². The fourth-order valence-corrected chi connectivity index (χ4v) is 3.21. The van der Waals surface area contributed by atoms with Crippen LogP contribution in [-0.4, -0.2) is 14.2 Å². The van der Waals surface area contributed by atoms with Crippen LogP contribution in [0.15, 0.2) is 35.0 Å². The number of rotatable bonds is 3. The number of ether oxygens (including phenoxy) is 2. The van der Waals surface area contributed by atoms with Crippen molar-refractivity contribution in [1.29, 1.82) is 0 Å². The van der Waals surface area contributed by atoms with E-state index in [1.807, 2.05) is 19.2 Å². The molecule has 19 heavy (non-hydrogen) atoms. The van der Waals surface area contributed by atoms with Crippen molar-refractivity contribution in [2.45, 2.75) is 18.6 Å². The van der Waals surface area contributed by atoms with Gasteiger partial charge >= 0.3 is 0 Å². The lowest BCUT2D eigenvalue weighted by Gasteiger charge is -2.32. The number of nitrogens with one attached hydrogen (secondary N) is 1. The van der Waals surface area contributed by atoms with Gasteiger partial charge in [-0.25, -0.2) is 0 Å². The van der Waals surface area contributed by atoms with Crippen LogP contribution in [0.4, 0.5) is 0 Å². The van der Waals surface area contributed by atoms with Crippen LogP contribution in [0, 0.1) is 0 Å². The molecule has 100 valence electrons. The Morgan fingerprint density at radius 3 is 2.95 bits per heavy atom. The Balaban J connectivity index is 1.96. The molecule has 2 atom stereocenters. The van der Waals surface area contributed by atoms with Gasteiger partial charge in [-0.05, 0) is 29.9 Å². The number of methoxy groups -OCH3 is 1. The molecule has 1 aliphatic rings. The summed E-state index contributed by atoms with van der Waals surface area (Å²) in [6.45, 7) is 0. The van der Waals surface area contributed by atoms with Gasteiger partial charge in [0.1, 0.15) is 17.6 Å². The highest BCUT2D eigenvalue weighted by Crippen LogP contribution is 2.42. The number of hydrogen-bond acceptors (Lipinski definition) is 4. The molecule has 0 aliphatic carbocycles. The predicted molar refractivity (Wildman–Crippen MR) is 77.1 cm³/mol. The average Bonchev–Trinajstić information content (AvgIpc) is 2.99. The Kier molecular flexibility index (Phi) is 3.44. The molecule has 0 radical (unpaired) electrons. The number of thiophene rings is 1. The quantitative estimate of drug-likeness (QED) is 0.929. The van der Waals surface area contributed by atoms with Crippen molar-refractivity contribution >= 4 is 11.3 Å². The molecule has 0 fully saturated rings. The molecule has 1 aromatic carbocycles. The second-order valence-corrected chi connectivity index (χ2v) is 5.42. The van der Waals surface area contributed by atoms with E-state index in [1.54, 1.807) is 18.4 Å². The second-order valence-electron chi connectivity index (χ2n) is 4.64. The van der Waals surface area contributed by atoms with Gasteiger partial charge in [0, 0.05) is 29.7 Å². The Morgan fingerprint density at radius 1 is 1.37 bits per heavy atom. The maximum Gasteiger partial charge on any atom is 0.128 e. The summed E-state index contributed by atoms with van der Waals surface area (Å²) in [6.07, 6.45) is 1.07. The minimum absolute atomic E-state index is 0.114. The van der Waals surface area contributed by atoms with Crippen LogP contribution in [0.25, 0.3) is 0 Å². The monoisotopic (exact) mass is 275 g/mol. The molecule has 0 saturated heterocycles. The fraction of sp³-hybridized carbons (Fsp3) is 0.333. The molecule has 3 rings (SSSR count). The fourth-order valence-electron chi connectivity index (χ4n) is 2.51.